The number of nitrogens with two attached hydrogens (primary N) is 2. The number of nitrogen functional groups attached to an aromatic ring is 1. The number of hydrogen-bond donors (Lipinski definition) is 3. The molecule has 1 heterocycles. The molecule has 3 aromatic rings. The molecule has 9 heteroatoms. The minimum Gasteiger partial charge on any atom is -0.398 e. The van der Waals surface area contributed by atoms with Crippen LogP contribution >= 0.6 is 0 Å². The second kappa shape index (κ2) is 11.1. The third kappa shape index (κ3) is 5.27. The van der Waals surface area contributed by atoms with Crippen LogP contribution in [-0.2, 0) is 11.3 Å². The van der Waals surface area contributed by atoms with E-state index in [1.807, 2.05) is 31.3 Å². The van der Waals surface area contributed by atoms with Gasteiger partial charge >= 0.3 is 0 Å². The molecule has 1 amide bonds. The lowest BCUT2D eigenvalue weighted by molar-refractivity contribution is 0.0656. The highest BCUT2D eigenvalue weighted by molar-refractivity contribution is 5.98. The number of benzene rings is 2. The summed E-state index contributed by atoms with van der Waals surface area (Å²) in [4.78, 5) is 21.6. The van der Waals surface area contributed by atoms with Crippen molar-refractivity contribution in [1.29, 1.82) is 0 Å². The average Bonchev–Trinajstić information content (AvgIpc) is 3.19. The quantitative estimate of drug-likeness (QED) is 0.377. The van der Waals surface area contributed by atoms with E-state index in [9.17, 15) is 9.90 Å². The first-order valence-electron chi connectivity index (χ1n) is 11.2. The fourth-order valence-electron chi connectivity index (χ4n) is 3.91. The largest absolute Gasteiger partial charge is 0.398 e. The van der Waals surface area contributed by atoms with Crippen LogP contribution in [0.4, 0.5) is 11.4 Å². The van der Waals surface area contributed by atoms with Crippen molar-refractivity contribution in [1.82, 2.24) is 14.5 Å². The van der Waals surface area contributed by atoms with Crippen LogP contribution in [0.15, 0.2) is 36.4 Å². The second-order valence-corrected chi connectivity index (χ2v) is 7.87. The van der Waals surface area contributed by atoms with E-state index < -0.39 is 0 Å². The molecule has 0 aliphatic heterocycles. The Morgan fingerprint density at radius 3 is 2.64 bits per heavy atom. The number of aliphatic hydroxyl groups excluding tert-OH is 1. The Bertz CT molecular complexity index is 1100. The number of imidazole rings is 1. The fraction of sp³-hybridized carbons (Fsp3) is 0.417. The lowest BCUT2D eigenvalue weighted by atomic mass is 10.1. The number of rotatable bonds is 11. The van der Waals surface area contributed by atoms with Gasteiger partial charge in [0.05, 0.1) is 24.2 Å². The number of ether oxygens (including phenoxy) is 1. The van der Waals surface area contributed by atoms with E-state index in [0.717, 1.165) is 29.1 Å². The number of amides is 1. The highest BCUT2D eigenvalue weighted by atomic mass is 16.5. The maximum Gasteiger partial charge on any atom is 0.254 e. The van der Waals surface area contributed by atoms with Gasteiger partial charge in [0.25, 0.3) is 5.91 Å². The van der Waals surface area contributed by atoms with Gasteiger partial charge in [-0.05, 0) is 43.3 Å². The minimum atomic E-state index is -0.166. The summed E-state index contributed by atoms with van der Waals surface area (Å²) in [6.07, 6.45) is 0. The van der Waals surface area contributed by atoms with Gasteiger partial charge in [-0.1, -0.05) is 0 Å². The second-order valence-electron chi connectivity index (χ2n) is 7.87. The lowest BCUT2D eigenvalue weighted by Gasteiger charge is -2.21. The number of aryl methyl sites for hydroxylation is 1. The Labute approximate surface area is 194 Å². The number of nitrogens with zero attached hydrogens (tertiary/aromatic N) is 4. The third-order valence-electron chi connectivity index (χ3n) is 5.72. The molecular weight excluding hydrogens is 420 g/mol. The molecule has 0 bridgehead atoms. The Kier molecular flexibility index (Phi) is 8.26. The molecule has 9 nitrogen and oxygen atoms in total. The van der Waals surface area contributed by atoms with Gasteiger partial charge in [0.1, 0.15) is 5.82 Å². The zero-order valence-corrected chi connectivity index (χ0v) is 19.6. The molecule has 3 rings (SSSR count). The number of anilines is 2. The van der Waals surface area contributed by atoms with Crippen LogP contribution in [0.3, 0.4) is 0 Å². The van der Waals surface area contributed by atoms with Gasteiger partial charge < -0.3 is 35.7 Å². The number of aliphatic hydroxyl groups is 1. The molecule has 5 N–H and O–H groups in total. The highest BCUT2D eigenvalue weighted by Gasteiger charge is 2.19. The van der Waals surface area contributed by atoms with Crippen molar-refractivity contribution in [3.8, 4) is 11.4 Å². The molecule has 1 aromatic heterocycles. The molecule has 0 unspecified atom stereocenters. The Hall–Kier alpha value is -3.14. The van der Waals surface area contributed by atoms with E-state index in [0.29, 0.717) is 43.0 Å². The van der Waals surface area contributed by atoms with Crippen molar-refractivity contribution >= 4 is 28.3 Å². The summed E-state index contributed by atoms with van der Waals surface area (Å²) in [7, 11) is 3.58. The average molecular weight is 455 g/mol. The van der Waals surface area contributed by atoms with Crippen LogP contribution < -0.4 is 16.4 Å². The number of likely N-dealkylation sites (N-methyl/N-ethyl adjacent to an activating group) is 1. The number of methoxy groups -OCH3 is 1. The molecule has 2 aromatic carbocycles. The molecule has 0 spiro atoms. The zero-order chi connectivity index (χ0) is 24.0. The Balaban J connectivity index is 2.04. The molecule has 0 fully saturated rings. The van der Waals surface area contributed by atoms with Crippen LogP contribution in [0.5, 0.6) is 0 Å². The van der Waals surface area contributed by atoms with Crippen LogP contribution in [0.1, 0.15) is 17.3 Å². The predicted octanol–water partition coefficient (Wildman–Crippen LogP) is 1.78. The highest BCUT2D eigenvalue weighted by Crippen LogP contribution is 2.32. The van der Waals surface area contributed by atoms with Crippen molar-refractivity contribution in [2.24, 2.45) is 5.73 Å². The summed E-state index contributed by atoms with van der Waals surface area (Å²) >= 11 is 0. The van der Waals surface area contributed by atoms with Crippen LogP contribution in [0.25, 0.3) is 22.4 Å². The summed E-state index contributed by atoms with van der Waals surface area (Å²) in [6, 6.07) is 11.4. The van der Waals surface area contributed by atoms with Crippen molar-refractivity contribution in [3.05, 3.63) is 42.0 Å². The topological polar surface area (TPSA) is 123 Å². The first kappa shape index (κ1) is 24.5. The van der Waals surface area contributed by atoms with E-state index in [4.69, 9.17) is 21.2 Å². The third-order valence-corrected chi connectivity index (χ3v) is 5.72. The van der Waals surface area contributed by atoms with Gasteiger partial charge in [-0.25, -0.2) is 4.98 Å². The standard InChI is InChI=1S/C24H34N6O3/c1-4-30-22-8-5-17(24(32)29(11-13-31)12-14-33-3)15-21(22)27-23(30)19-16-18(6-7-20(19)26)28(2)10-9-25/h5-8,15-16,31H,4,9-14,25-26H2,1-3H3. The molecular formula is C24H34N6O3. The monoisotopic (exact) mass is 454 g/mol. The first-order chi connectivity index (χ1) is 15.9. The summed E-state index contributed by atoms with van der Waals surface area (Å²) in [5.74, 6) is 0.588. The SMILES string of the molecule is CCn1c(-c2cc(N(C)CCN)ccc2N)nc2cc(C(=O)N(CCO)CCOC)ccc21. The summed E-state index contributed by atoms with van der Waals surface area (Å²) < 4.78 is 7.19. The number of fused-ring (bicyclic) bond motifs is 1. The summed E-state index contributed by atoms with van der Waals surface area (Å²) in [5.41, 5.74) is 16.7. The number of hydrogen-bond acceptors (Lipinski definition) is 7. The summed E-state index contributed by atoms with van der Waals surface area (Å²) in [5, 5.41) is 9.35. The van der Waals surface area contributed by atoms with Crippen LogP contribution in [0.2, 0.25) is 0 Å². The smallest absolute Gasteiger partial charge is 0.254 e. The van der Waals surface area contributed by atoms with Gasteiger partial charge in [-0.2, -0.15) is 0 Å². The van der Waals surface area contributed by atoms with E-state index in [-0.39, 0.29) is 19.1 Å². The summed E-state index contributed by atoms with van der Waals surface area (Å²) in [6.45, 7) is 4.97. The van der Waals surface area contributed by atoms with Gasteiger partial charge in [0, 0.05) is 69.4 Å². The Morgan fingerprint density at radius 2 is 1.97 bits per heavy atom. The van der Waals surface area contributed by atoms with Gasteiger partial charge in [-0.3, -0.25) is 4.79 Å². The predicted molar refractivity (Wildman–Crippen MR) is 132 cm³/mol. The number of carbonyl (C=O) groups excluding carboxylic acids is 1. The molecule has 0 saturated heterocycles. The molecule has 0 aliphatic rings. The minimum absolute atomic E-state index is 0.111. The van der Waals surface area contributed by atoms with E-state index in [1.54, 1.807) is 24.1 Å². The van der Waals surface area contributed by atoms with E-state index in [2.05, 4.69) is 16.4 Å². The van der Waals surface area contributed by atoms with Crippen molar-refractivity contribution < 1.29 is 14.6 Å². The Morgan fingerprint density at radius 1 is 1.18 bits per heavy atom. The van der Waals surface area contributed by atoms with Crippen molar-refractivity contribution in [2.75, 3.05) is 64.2 Å². The number of carbonyl (C=O) groups is 1. The van der Waals surface area contributed by atoms with Crippen LogP contribution in [-0.4, -0.2) is 79.0 Å². The van der Waals surface area contributed by atoms with Gasteiger partial charge in [0.15, 0.2) is 0 Å². The van der Waals surface area contributed by atoms with Crippen molar-refractivity contribution in [3.63, 3.8) is 0 Å². The maximum atomic E-state index is 13.0. The van der Waals surface area contributed by atoms with E-state index >= 15 is 0 Å². The fourth-order valence-corrected chi connectivity index (χ4v) is 3.91. The molecule has 0 saturated carbocycles. The number of aromatic nitrogens is 2. The lowest BCUT2D eigenvalue weighted by Crippen LogP contribution is -2.36. The van der Waals surface area contributed by atoms with Gasteiger partial charge in [-0.15, -0.1) is 0 Å². The van der Waals surface area contributed by atoms with Crippen LogP contribution in [0, 0.1) is 0 Å². The van der Waals surface area contributed by atoms with Crippen molar-refractivity contribution in [2.45, 2.75) is 13.5 Å². The normalized spacial score (nSPS) is 11.2. The van der Waals surface area contributed by atoms with Gasteiger partial charge in [0.2, 0.25) is 0 Å². The molecule has 0 aliphatic carbocycles. The molecule has 0 radical (unpaired) electrons. The van der Waals surface area contributed by atoms with E-state index in [1.165, 1.54) is 0 Å². The zero-order valence-electron chi connectivity index (χ0n) is 19.6. The first-order valence-corrected chi connectivity index (χ1v) is 11.2. The maximum absolute atomic E-state index is 13.0. The molecule has 0 atom stereocenters. The molecule has 33 heavy (non-hydrogen) atoms. The molecule has 178 valence electrons.